The Kier molecular flexibility index (Phi) is 4.23. The lowest BCUT2D eigenvalue weighted by Crippen LogP contribution is -2.31. The number of aromatic amines is 1. The number of aromatic nitrogens is 2. The van der Waals surface area contributed by atoms with Crippen LogP contribution in [0.25, 0.3) is 0 Å². The molecule has 2 aromatic rings. The number of aryl methyl sites for hydroxylation is 3. The molecule has 0 saturated heterocycles. The number of H-pyrrole nitrogens is 1. The van der Waals surface area contributed by atoms with Crippen molar-refractivity contribution in [3.63, 3.8) is 0 Å². The molecule has 4 nitrogen and oxygen atoms in total. The van der Waals surface area contributed by atoms with Gasteiger partial charge >= 0.3 is 0 Å². The first-order chi connectivity index (χ1) is 9.52. The van der Waals surface area contributed by atoms with Crippen LogP contribution in [0, 0.1) is 20.8 Å². The number of carbonyl (C=O) groups is 1. The van der Waals surface area contributed by atoms with Gasteiger partial charge in [-0.25, -0.2) is 0 Å². The number of rotatable bonds is 4. The monoisotopic (exact) mass is 271 g/mol. The van der Waals surface area contributed by atoms with Gasteiger partial charge in [0.25, 0.3) is 5.91 Å². The fourth-order valence-electron chi connectivity index (χ4n) is 2.38. The van der Waals surface area contributed by atoms with E-state index in [4.69, 9.17) is 0 Å². The molecule has 106 valence electrons. The topological polar surface area (TPSA) is 49.0 Å². The molecule has 0 bridgehead atoms. The van der Waals surface area contributed by atoms with Gasteiger partial charge in [-0.3, -0.25) is 9.89 Å². The minimum absolute atomic E-state index is 0.0396. The maximum atomic E-state index is 12.6. The highest BCUT2D eigenvalue weighted by atomic mass is 16.2. The molecule has 1 heterocycles. The largest absolute Gasteiger partial charge is 0.334 e. The molecule has 1 aromatic heterocycles. The van der Waals surface area contributed by atoms with Crippen LogP contribution >= 0.6 is 0 Å². The average molecular weight is 271 g/mol. The number of carbonyl (C=O) groups excluding carboxylic acids is 1. The van der Waals surface area contributed by atoms with Gasteiger partial charge < -0.3 is 4.90 Å². The van der Waals surface area contributed by atoms with E-state index in [1.54, 1.807) is 0 Å². The number of benzene rings is 1. The summed E-state index contributed by atoms with van der Waals surface area (Å²) in [4.78, 5) is 14.5. The summed E-state index contributed by atoms with van der Waals surface area (Å²) < 4.78 is 0. The smallest absolute Gasteiger partial charge is 0.257 e. The first-order valence-corrected chi connectivity index (χ1v) is 6.89. The Morgan fingerprint density at radius 3 is 2.60 bits per heavy atom. The van der Waals surface area contributed by atoms with Crippen LogP contribution in [-0.4, -0.2) is 27.5 Å². The number of nitrogens with zero attached hydrogens (tertiary/aromatic N) is 2. The van der Waals surface area contributed by atoms with Gasteiger partial charge in [0.15, 0.2) is 0 Å². The fraction of sp³-hybridized carbons (Fsp3) is 0.375. The van der Waals surface area contributed by atoms with E-state index in [1.165, 1.54) is 5.56 Å². The molecule has 0 unspecified atom stereocenters. The van der Waals surface area contributed by atoms with E-state index in [2.05, 4.69) is 35.3 Å². The highest BCUT2D eigenvalue weighted by Gasteiger charge is 2.20. The zero-order chi connectivity index (χ0) is 14.7. The van der Waals surface area contributed by atoms with Gasteiger partial charge in [-0.15, -0.1) is 0 Å². The Morgan fingerprint density at radius 2 is 2.05 bits per heavy atom. The van der Waals surface area contributed by atoms with E-state index in [0.29, 0.717) is 18.7 Å². The van der Waals surface area contributed by atoms with Gasteiger partial charge in [0.05, 0.1) is 11.3 Å². The molecule has 0 spiro atoms. The second kappa shape index (κ2) is 5.90. The van der Waals surface area contributed by atoms with Crippen molar-refractivity contribution in [2.75, 3.05) is 6.54 Å². The highest BCUT2D eigenvalue weighted by molar-refractivity contribution is 5.96. The zero-order valence-corrected chi connectivity index (χ0v) is 12.5. The van der Waals surface area contributed by atoms with Crippen molar-refractivity contribution >= 4 is 5.91 Å². The summed E-state index contributed by atoms with van der Waals surface area (Å²) in [6.45, 7) is 9.10. The molecule has 0 radical (unpaired) electrons. The van der Waals surface area contributed by atoms with Gasteiger partial charge in [0.2, 0.25) is 0 Å². The van der Waals surface area contributed by atoms with Crippen LogP contribution in [0.1, 0.15) is 39.8 Å². The van der Waals surface area contributed by atoms with Gasteiger partial charge in [0.1, 0.15) is 0 Å². The van der Waals surface area contributed by atoms with E-state index in [1.807, 2.05) is 31.7 Å². The minimum atomic E-state index is 0.0396. The van der Waals surface area contributed by atoms with Crippen molar-refractivity contribution in [3.05, 3.63) is 52.3 Å². The Balaban J connectivity index is 2.22. The third kappa shape index (κ3) is 2.90. The molecule has 0 aliphatic heterocycles. The fourth-order valence-corrected chi connectivity index (χ4v) is 2.38. The van der Waals surface area contributed by atoms with Crippen LogP contribution in [0.4, 0.5) is 0 Å². The number of amides is 1. The predicted molar refractivity (Wildman–Crippen MR) is 79.7 cm³/mol. The molecule has 0 aliphatic carbocycles. The lowest BCUT2D eigenvalue weighted by atomic mass is 10.1. The lowest BCUT2D eigenvalue weighted by Gasteiger charge is -2.21. The minimum Gasteiger partial charge on any atom is -0.334 e. The maximum absolute atomic E-state index is 12.6. The molecular weight excluding hydrogens is 250 g/mol. The van der Waals surface area contributed by atoms with Crippen molar-refractivity contribution in [3.8, 4) is 0 Å². The second-order valence-corrected chi connectivity index (χ2v) is 5.12. The molecule has 0 atom stereocenters. The average Bonchev–Trinajstić information content (AvgIpc) is 2.75. The highest BCUT2D eigenvalue weighted by Crippen LogP contribution is 2.15. The Morgan fingerprint density at radius 1 is 1.30 bits per heavy atom. The van der Waals surface area contributed by atoms with Crippen LogP contribution < -0.4 is 0 Å². The van der Waals surface area contributed by atoms with Gasteiger partial charge in [-0.1, -0.05) is 29.8 Å². The molecule has 0 aliphatic rings. The van der Waals surface area contributed by atoms with Gasteiger partial charge in [-0.2, -0.15) is 5.10 Å². The Hall–Kier alpha value is -2.10. The normalized spacial score (nSPS) is 10.6. The molecule has 1 N–H and O–H groups in total. The Labute approximate surface area is 119 Å². The SMILES string of the molecule is CCN(Cc1cccc(C)c1)C(=O)c1c(C)n[nH]c1C. The summed E-state index contributed by atoms with van der Waals surface area (Å²) >= 11 is 0. The lowest BCUT2D eigenvalue weighted by molar-refractivity contribution is 0.0751. The molecule has 1 aromatic carbocycles. The first-order valence-electron chi connectivity index (χ1n) is 6.89. The summed E-state index contributed by atoms with van der Waals surface area (Å²) in [6.07, 6.45) is 0. The molecule has 20 heavy (non-hydrogen) atoms. The molecule has 1 amide bonds. The van der Waals surface area contributed by atoms with E-state index in [0.717, 1.165) is 17.0 Å². The first kappa shape index (κ1) is 14.3. The summed E-state index contributed by atoms with van der Waals surface area (Å²) in [5, 5.41) is 6.97. The molecule has 0 saturated carbocycles. The van der Waals surface area contributed by atoms with Crippen molar-refractivity contribution in [2.24, 2.45) is 0 Å². The molecule has 0 fully saturated rings. The third-order valence-corrected chi connectivity index (χ3v) is 3.47. The van der Waals surface area contributed by atoms with Crippen molar-refractivity contribution in [2.45, 2.75) is 34.2 Å². The van der Waals surface area contributed by atoms with Gasteiger partial charge in [0, 0.05) is 18.8 Å². The predicted octanol–water partition coefficient (Wildman–Crippen LogP) is 3.00. The summed E-state index contributed by atoms with van der Waals surface area (Å²) in [6, 6.07) is 8.26. The number of hydrogen-bond acceptors (Lipinski definition) is 2. The van der Waals surface area contributed by atoms with Crippen LogP contribution in [0.2, 0.25) is 0 Å². The standard InChI is InChI=1S/C16H21N3O/c1-5-19(10-14-8-6-7-11(2)9-14)16(20)15-12(3)17-18-13(15)4/h6-9H,5,10H2,1-4H3,(H,17,18). The van der Waals surface area contributed by atoms with Crippen molar-refractivity contribution in [1.82, 2.24) is 15.1 Å². The maximum Gasteiger partial charge on any atom is 0.257 e. The van der Waals surface area contributed by atoms with Gasteiger partial charge in [-0.05, 0) is 33.3 Å². The van der Waals surface area contributed by atoms with E-state index >= 15 is 0 Å². The zero-order valence-electron chi connectivity index (χ0n) is 12.5. The van der Waals surface area contributed by atoms with Crippen LogP contribution in [-0.2, 0) is 6.54 Å². The van der Waals surface area contributed by atoms with Crippen LogP contribution in [0.15, 0.2) is 24.3 Å². The summed E-state index contributed by atoms with van der Waals surface area (Å²) in [5.74, 6) is 0.0396. The number of hydrogen-bond donors (Lipinski definition) is 1. The van der Waals surface area contributed by atoms with Crippen molar-refractivity contribution < 1.29 is 4.79 Å². The third-order valence-electron chi connectivity index (χ3n) is 3.47. The summed E-state index contributed by atoms with van der Waals surface area (Å²) in [7, 11) is 0. The summed E-state index contributed by atoms with van der Waals surface area (Å²) in [5.41, 5.74) is 4.64. The quantitative estimate of drug-likeness (QED) is 0.929. The van der Waals surface area contributed by atoms with Crippen molar-refractivity contribution in [1.29, 1.82) is 0 Å². The molecule has 2 rings (SSSR count). The van der Waals surface area contributed by atoms with E-state index in [9.17, 15) is 4.79 Å². The molecule has 4 heteroatoms. The second-order valence-electron chi connectivity index (χ2n) is 5.12. The Bertz CT molecular complexity index is 596. The van der Waals surface area contributed by atoms with Crippen LogP contribution in [0.3, 0.4) is 0 Å². The van der Waals surface area contributed by atoms with E-state index in [-0.39, 0.29) is 5.91 Å². The number of nitrogens with one attached hydrogen (secondary N) is 1. The molecular formula is C16H21N3O. The van der Waals surface area contributed by atoms with Crippen LogP contribution in [0.5, 0.6) is 0 Å². The van der Waals surface area contributed by atoms with E-state index < -0.39 is 0 Å².